The van der Waals surface area contributed by atoms with Crippen LogP contribution in [0.3, 0.4) is 0 Å². The van der Waals surface area contributed by atoms with E-state index >= 15 is 0 Å². The molecule has 2 N–H and O–H groups in total. The van der Waals surface area contributed by atoms with Crippen LogP contribution in [0.1, 0.15) is 11.1 Å². The first-order chi connectivity index (χ1) is 11.1. The van der Waals surface area contributed by atoms with Crippen LogP contribution < -0.4 is 10.6 Å². The molecule has 0 aromatic heterocycles. The smallest absolute Gasteiger partial charge is 0.178 e. The molecule has 0 aliphatic heterocycles. The third-order valence-electron chi connectivity index (χ3n) is 3.35. The summed E-state index contributed by atoms with van der Waals surface area (Å²) in [4.78, 5) is 11.9. The van der Waals surface area contributed by atoms with Crippen molar-refractivity contribution in [3.05, 3.63) is 70.8 Å². The van der Waals surface area contributed by atoms with E-state index in [1.165, 1.54) is 0 Å². The van der Waals surface area contributed by atoms with Crippen LogP contribution in [0.15, 0.2) is 54.6 Å². The Hall–Kier alpha value is -2.52. The number of hydrogen-bond acceptors (Lipinski definition) is 3. The molecule has 118 valence electrons. The zero-order valence-electron chi connectivity index (χ0n) is 13.1. The van der Waals surface area contributed by atoms with E-state index in [9.17, 15) is 4.79 Å². The van der Waals surface area contributed by atoms with E-state index in [1.807, 2.05) is 44.4 Å². The Labute approximate surface area is 141 Å². The Balaban J connectivity index is 2.07. The molecule has 0 fully saturated rings. The number of benzene rings is 2. The molecule has 0 atom stereocenters. The van der Waals surface area contributed by atoms with Gasteiger partial charge in [0.2, 0.25) is 0 Å². The fraction of sp³-hybridized carbons (Fsp3) is 0.105. The molecule has 0 bridgehead atoms. The van der Waals surface area contributed by atoms with Gasteiger partial charge in [-0.2, -0.15) is 0 Å². The highest BCUT2D eigenvalue weighted by Crippen LogP contribution is 2.21. The number of hydrogen-bond donors (Lipinski definition) is 2. The van der Waals surface area contributed by atoms with Gasteiger partial charge in [-0.25, -0.2) is 0 Å². The van der Waals surface area contributed by atoms with Gasteiger partial charge in [0.15, 0.2) is 5.78 Å². The van der Waals surface area contributed by atoms with Crippen LogP contribution in [0.4, 0.5) is 11.4 Å². The molecule has 0 heterocycles. The molecule has 0 saturated heterocycles. The van der Waals surface area contributed by atoms with Crippen LogP contribution in [0.2, 0.25) is 5.02 Å². The molecule has 0 unspecified atom stereocenters. The first-order valence-corrected chi connectivity index (χ1v) is 7.65. The van der Waals surface area contributed by atoms with Crippen molar-refractivity contribution >= 4 is 40.9 Å². The molecule has 0 spiro atoms. The minimum absolute atomic E-state index is 0.0697. The Morgan fingerprint density at radius 3 is 2.30 bits per heavy atom. The maximum atomic E-state index is 11.9. The van der Waals surface area contributed by atoms with E-state index in [1.54, 1.807) is 36.4 Å². The fourth-order valence-electron chi connectivity index (χ4n) is 2.05. The summed E-state index contributed by atoms with van der Waals surface area (Å²) in [5.74, 6) is -0.0697. The molecule has 3 nitrogen and oxygen atoms in total. The summed E-state index contributed by atoms with van der Waals surface area (Å²) in [6.07, 6.45) is 6.67. The van der Waals surface area contributed by atoms with Crippen molar-refractivity contribution < 1.29 is 4.79 Å². The first kappa shape index (κ1) is 16.8. The number of nitrogens with one attached hydrogen (secondary N) is 2. The van der Waals surface area contributed by atoms with Crippen molar-refractivity contribution in [3.63, 3.8) is 0 Å². The summed E-state index contributed by atoms with van der Waals surface area (Å²) in [6.45, 7) is 0. The van der Waals surface area contributed by atoms with Crippen molar-refractivity contribution in [2.24, 2.45) is 0 Å². The van der Waals surface area contributed by atoms with Crippen LogP contribution in [0, 0.1) is 0 Å². The summed E-state index contributed by atoms with van der Waals surface area (Å²) in [5, 5.41) is 6.89. The van der Waals surface area contributed by atoms with Crippen LogP contribution in [0.5, 0.6) is 0 Å². The molecule has 2 aromatic rings. The number of ketones is 1. The fourth-order valence-corrected chi connectivity index (χ4v) is 2.18. The Morgan fingerprint density at radius 2 is 1.65 bits per heavy atom. The standard InChI is InChI=1S/C19H19ClN2O/c1-21-17-10-6-15(19(13-17)22-2)7-12-18(23)11-5-14-3-8-16(20)9-4-14/h3-13,21-22H,1-2H3. The first-order valence-electron chi connectivity index (χ1n) is 7.27. The molecular weight excluding hydrogens is 308 g/mol. The second kappa shape index (κ2) is 8.20. The second-order valence-electron chi connectivity index (χ2n) is 4.92. The normalized spacial score (nSPS) is 11.1. The van der Waals surface area contributed by atoms with Gasteiger partial charge in [0.1, 0.15) is 0 Å². The van der Waals surface area contributed by atoms with Gasteiger partial charge in [-0.05, 0) is 53.6 Å². The number of carbonyl (C=O) groups is 1. The van der Waals surface area contributed by atoms with Crippen molar-refractivity contribution in [2.75, 3.05) is 24.7 Å². The van der Waals surface area contributed by atoms with E-state index in [-0.39, 0.29) is 5.78 Å². The molecule has 0 aliphatic carbocycles. The van der Waals surface area contributed by atoms with Gasteiger partial charge >= 0.3 is 0 Å². The number of allylic oxidation sites excluding steroid dienone is 2. The summed E-state index contributed by atoms with van der Waals surface area (Å²) in [7, 11) is 3.73. The van der Waals surface area contributed by atoms with E-state index in [0.717, 1.165) is 22.5 Å². The zero-order chi connectivity index (χ0) is 16.7. The molecular formula is C19H19ClN2O. The Morgan fingerprint density at radius 1 is 0.957 bits per heavy atom. The predicted octanol–water partition coefficient (Wildman–Crippen LogP) is 4.72. The third-order valence-corrected chi connectivity index (χ3v) is 3.60. The Kier molecular flexibility index (Phi) is 6.01. The predicted molar refractivity (Wildman–Crippen MR) is 100 cm³/mol. The Bertz CT molecular complexity index is 734. The molecule has 23 heavy (non-hydrogen) atoms. The lowest BCUT2D eigenvalue weighted by atomic mass is 10.1. The van der Waals surface area contributed by atoms with Gasteiger partial charge < -0.3 is 10.6 Å². The minimum atomic E-state index is -0.0697. The lowest BCUT2D eigenvalue weighted by Gasteiger charge is -2.08. The number of anilines is 2. The van der Waals surface area contributed by atoms with E-state index in [0.29, 0.717) is 5.02 Å². The van der Waals surface area contributed by atoms with E-state index in [2.05, 4.69) is 10.6 Å². The largest absolute Gasteiger partial charge is 0.388 e. The second-order valence-corrected chi connectivity index (χ2v) is 5.36. The summed E-state index contributed by atoms with van der Waals surface area (Å²) < 4.78 is 0. The van der Waals surface area contributed by atoms with Crippen LogP contribution in [-0.2, 0) is 4.79 Å². The lowest BCUT2D eigenvalue weighted by molar-refractivity contribution is -0.110. The van der Waals surface area contributed by atoms with E-state index < -0.39 is 0 Å². The van der Waals surface area contributed by atoms with Gasteiger partial charge in [0.05, 0.1) is 0 Å². The minimum Gasteiger partial charge on any atom is -0.388 e. The summed E-state index contributed by atoms with van der Waals surface area (Å²) in [5.41, 5.74) is 3.87. The van der Waals surface area contributed by atoms with E-state index in [4.69, 9.17) is 11.6 Å². The van der Waals surface area contributed by atoms with Crippen molar-refractivity contribution in [1.29, 1.82) is 0 Å². The number of rotatable bonds is 6. The average Bonchev–Trinajstić information content (AvgIpc) is 2.59. The summed E-state index contributed by atoms with van der Waals surface area (Å²) in [6, 6.07) is 13.2. The maximum Gasteiger partial charge on any atom is 0.178 e. The lowest BCUT2D eigenvalue weighted by Crippen LogP contribution is -1.95. The highest BCUT2D eigenvalue weighted by Gasteiger charge is 1.99. The number of halogens is 1. The van der Waals surface area contributed by atoms with Gasteiger partial charge in [-0.15, -0.1) is 0 Å². The van der Waals surface area contributed by atoms with Gasteiger partial charge in [-0.3, -0.25) is 4.79 Å². The zero-order valence-corrected chi connectivity index (χ0v) is 13.9. The summed E-state index contributed by atoms with van der Waals surface area (Å²) >= 11 is 5.83. The van der Waals surface area contributed by atoms with Gasteiger partial charge in [0, 0.05) is 30.5 Å². The molecule has 0 aliphatic rings. The molecule has 0 amide bonds. The SMILES string of the molecule is CNc1ccc(C=CC(=O)C=Cc2ccc(Cl)cc2)c(NC)c1. The van der Waals surface area contributed by atoms with Gasteiger partial charge in [0.25, 0.3) is 0 Å². The average molecular weight is 327 g/mol. The highest BCUT2D eigenvalue weighted by molar-refractivity contribution is 6.30. The topological polar surface area (TPSA) is 41.1 Å². The molecule has 2 aromatic carbocycles. The maximum absolute atomic E-state index is 11.9. The molecule has 0 radical (unpaired) electrons. The monoisotopic (exact) mass is 326 g/mol. The van der Waals surface area contributed by atoms with Crippen LogP contribution >= 0.6 is 11.6 Å². The van der Waals surface area contributed by atoms with Crippen LogP contribution in [0.25, 0.3) is 12.2 Å². The molecule has 2 rings (SSSR count). The van der Waals surface area contributed by atoms with Crippen molar-refractivity contribution in [2.45, 2.75) is 0 Å². The highest BCUT2D eigenvalue weighted by atomic mass is 35.5. The molecule has 0 saturated carbocycles. The molecule has 4 heteroatoms. The van der Waals surface area contributed by atoms with Crippen molar-refractivity contribution in [3.8, 4) is 0 Å². The quantitative estimate of drug-likeness (QED) is 0.755. The number of carbonyl (C=O) groups excluding carboxylic acids is 1. The van der Waals surface area contributed by atoms with Crippen LogP contribution in [-0.4, -0.2) is 19.9 Å². The van der Waals surface area contributed by atoms with Crippen molar-refractivity contribution in [1.82, 2.24) is 0 Å². The van der Waals surface area contributed by atoms with Gasteiger partial charge in [-0.1, -0.05) is 35.9 Å². The third kappa shape index (κ3) is 5.01.